The molecular weight excluding hydrogens is 464 g/mol. The fourth-order valence-corrected chi connectivity index (χ4v) is 6.34. The van der Waals surface area contributed by atoms with Crippen LogP contribution in [0.15, 0.2) is 133 Å². The molecule has 3 nitrogen and oxygen atoms in total. The molecule has 2 aliphatic heterocycles. The van der Waals surface area contributed by atoms with Crippen LogP contribution in [-0.4, -0.2) is 11.8 Å². The van der Waals surface area contributed by atoms with Gasteiger partial charge < -0.3 is 10.2 Å². The molecular formula is C35H30N2O. The van der Waals surface area contributed by atoms with Crippen molar-refractivity contribution in [3.05, 3.63) is 155 Å². The quantitative estimate of drug-likeness (QED) is 0.259. The monoisotopic (exact) mass is 494 g/mol. The molecule has 0 saturated carbocycles. The highest BCUT2D eigenvalue weighted by Crippen LogP contribution is 2.55. The van der Waals surface area contributed by atoms with Crippen LogP contribution in [0.2, 0.25) is 0 Å². The summed E-state index contributed by atoms with van der Waals surface area (Å²) in [7, 11) is 0. The zero-order chi connectivity index (χ0) is 25.4. The number of fused-ring (bicyclic) bond motifs is 2. The summed E-state index contributed by atoms with van der Waals surface area (Å²) in [6.07, 6.45) is 12.8. The van der Waals surface area contributed by atoms with Crippen molar-refractivity contribution in [2.45, 2.75) is 30.7 Å². The molecule has 0 amide bonds. The van der Waals surface area contributed by atoms with E-state index >= 15 is 0 Å². The average molecular weight is 495 g/mol. The van der Waals surface area contributed by atoms with Gasteiger partial charge in [-0.3, -0.25) is 0 Å². The maximum atomic E-state index is 6.44. The number of nitrogens with zero attached hydrogens (tertiary/aromatic N) is 1. The molecule has 4 aromatic rings. The molecule has 7 rings (SSSR count). The highest BCUT2D eigenvalue weighted by molar-refractivity contribution is 6.09. The molecule has 0 spiro atoms. The molecule has 3 heteroatoms. The van der Waals surface area contributed by atoms with Gasteiger partial charge in [0.15, 0.2) is 0 Å². The minimum atomic E-state index is -0.523. The Morgan fingerprint density at radius 2 is 1.45 bits per heavy atom. The van der Waals surface area contributed by atoms with Crippen molar-refractivity contribution in [2.75, 3.05) is 0 Å². The Labute approximate surface area is 224 Å². The summed E-state index contributed by atoms with van der Waals surface area (Å²) in [6.45, 7) is 0. The third kappa shape index (κ3) is 3.69. The number of rotatable bonds is 4. The zero-order valence-corrected chi connectivity index (χ0v) is 21.3. The third-order valence-corrected chi connectivity index (χ3v) is 8.15. The van der Waals surface area contributed by atoms with E-state index in [1.165, 1.54) is 30.4 Å². The molecule has 0 aromatic heterocycles. The van der Waals surface area contributed by atoms with Crippen LogP contribution in [0.1, 0.15) is 47.1 Å². The van der Waals surface area contributed by atoms with E-state index in [-0.39, 0.29) is 6.04 Å². The number of nitrogens with one attached hydrogen (secondary N) is 1. The van der Waals surface area contributed by atoms with Gasteiger partial charge in [0.05, 0.1) is 17.2 Å². The first-order chi connectivity index (χ1) is 18.8. The van der Waals surface area contributed by atoms with Crippen LogP contribution in [0, 0.1) is 5.92 Å². The number of hydrazone groups is 1. The van der Waals surface area contributed by atoms with Gasteiger partial charge in [-0.05, 0) is 54.7 Å². The van der Waals surface area contributed by atoms with E-state index in [2.05, 4.69) is 121 Å². The summed E-state index contributed by atoms with van der Waals surface area (Å²) in [5.41, 5.74) is 9.66. The molecule has 0 bridgehead atoms. The van der Waals surface area contributed by atoms with E-state index in [9.17, 15) is 0 Å². The highest BCUT2D eigenvalue weighted by Gasteiger charge is 2.45. The van der Waals surface area contributed by atoms with Crippen LogP contribution in [0.5, 0.6) is 11.5 Å². The van der Waals surface area contributed by atoms with E-state index in [0.29, 0.717) is 5.92 Å². The minimum Gasteiger partial charge on any atom is -0.457 e. The van der Waals surface area contributed by atoms with E-state index < -0.39 is 5.41 Å². The van der Waals surface area contributed by atoms with Crippen LogP contribution in [0.3, 0.4) is 0 Å². The molecule has 38 heavy (non-hydrogen) atoms. The lowest BCUT2D eigenvalue weighted by Crippen LogP contribution is -2.35. The van der Waals surface area contributed by atoms with Crippen LogP contribution in [-0.2, 0) is 5.41 Å². The van der Waals surface area contributed by atoms with Crippen molar-refractivity contribution in [2.24, 2.45) is 11.0 Å². The predicted octanol–water partition coefficient (Wildman–Crippen LogP) is 7.76. The van der Waals surface area contributed by atoms with Gasteiger partial charge in [0.2, 0.25) is 0 Å². The molecule has 1 aliphatic carbocycles. The van der Waals surface area contributed by atoms with Crippen LogP contribution < -0.4 is 10.2 Å². The molecule has 1 N–H and O–H groups in total. The standard InChI is InChI=1S/C35H30N2O/c1-3-12-25(13-4-1)31-22-23-32(37-36-31)26-14-11-17-28(24-26)35(27-15-5-2-6-16-27)29-18-7-9-20-33(29)38-34-21-10-8-19-30(34)35/h2-3,5-12,14-25,31,36H,1,4,13H2. The Morgan fingerprint density at radius 1 is 0.737 bits per heavy atom. The Hall–Kier alpha value is -4.37. The topological polar surface area (TPSA) is 33.6 Å². The summed E-state index contributed by atoms with van der Waals surface area (Å²) in [6, 6.07) is 36.8. The van der Waals surface area contributed by atoms with Gasteiger partial charge in [0.1, 0.15) is 11.5 Å². The first-order valence-corrected chi connectivity index (χ1v) is 13.6. The third-order valence-electron chi connectivity index (χ3n) is 8.15. The van der Waals surface area contributed by atoms with Crippen molar-refractivity contribution < 1.29 is 4.74 Å². The smallest absolute Gasteiger partial charge is 0.132 e. The number of ether oxygens (including phenoxy) is 1. The van der Waals surface area contributed by atoms with Crippen molar-refractivity contribution in [3.8, 4) is 11.5 Å². The maximum Gasteiger partial charge on any atom is 0.132 e. The lowest BCUT2D eigenvalue weighted by Gasteiger charge is -2.41. The lowest BCUT2D eigenvalue weighted by molar-refractivity contribution is 0.432. The van der Waals surface area contributed by atoms with E-state index in [4.69, 9.17) is 9.84 Å². The summed E-state index contributed by atoms with van der Waals surface area (Å²) in [5.74, 6) is 2.29. The van der Waals surface area contributed by atoms with Gasteiger partial charge in [-0.1, -0.05) is 103 Å². The van der Waals surface area contributed by atoms with Crippen LogP contribution in [0.25, 0.3) is 0 Å². The fourth-order valence-electron chi connectivity index (χ4n) is 6.34. The number of hydrogen-bond acceptors (Lipinski definition) is 3. The number of allylic oxidation sites excluding steroid dienone is 2. The number of hydrogen-bond donors (Lipinski definition) is 1. The molecule has 4 aromatic carbocycles. The Bertz CT molecular complexity index is 1520. The van der Waals surface area contributed by atoms with E-state index in [1.54, 1.807) is 0 Å². The van der Waals surface area contributed by atoms with Crippen LogP contribution >= 0.6 is 0 Å². The minimum absolute atomic E-state index is 0.253. The highest BCUT2D eigenvalue weighted by atomic mass is 16.5. The zero-order valence-electron chi connectivity index (χ0n) is 21.3. The van der Waals surface area contributed by atoms with E-state index in [1.807, 2.05) is 12.1 Å². The van der Waals surface area contributed by atoms with Gasteiger partial charge in [-0.15, -0.1) is 0 Å². The molecule has 0 fully saturated rings. The molecule has 0 saturated heterocycles. The van der Waals surface area contributed by atoms with Crippen molar-refractivity contribution in [1.82, 2.24) is 5.43 Å². The second-order valence-corrected chi connectivity index (χ2v) is 10.3. The molecule has 3 aliphatic rings. The molecule has 2 unspecified atom stereocenters. The maximum absolute atomic E-state index is 6.44. The van der Waals surface area contributed by atoms with Crippen molar-refractivity contribution in [1.29, 1.82) is 0 Å². The Morgan fingerprint density at radius 3 is 2.13 bits per heavy atom. The second kappa shape index (κ2) is 9.50. The van der Waals surface area contributed by atoms with E-state index in [0.717, 1.165) is 33.9 Å². The molecule has 186 valence electrons. The van der Waals surface area contributed by atoms with Gasteiger partial charge in [0.25, 0.3) is 0 Å². The van der Waals surface area contributed by atoms with Gasteiger partial charge >= 0.3 is 0 Å². The van der Waals surface area contributed by atoms with Crippen molar-refractivity contribution >= 4 is 5.71 Å². The van der Waals surface area contributed by atoms with Crippen LogP contribution in [0.4, 0.5) is 0 Å². The van der Waals surface area contributed by atoms with Gasteiger partial charge in [-0.2, -0.15) is 5.10 Å². The summed E-state index contributed by atoms with van der Waals surface area (Å²) < 4.78 is 6.44. The Balaban J connectivity index is 1.38. The number of benzene rings is 4. The predicted molar refractivity (Wildman–Crippen MR) is 154 cm³/mol. The largest absolute Gasteiger partial charge is 0.457 e. The van der Waals surface area contributed by atoms with Gasteiger partial charge in [-0.25, -0.2) is 0 Å². The first-order valence-electron chi connectivity index (χ1n) is 13.6. The fraction of sp³-hybridized carbons (Fsp3) is 0.171. The second-order valence-electron chi connectivity index (χ2n) is 10.3. The SMILES string of the molecule is C1=CC(C2C=CC(c3cccc(C4(c5ccccc5)c5ccccc5Oc5ccccc54)c3)=NN2)CCC1. The lowest BCUT2D eigenvalue weighted by atomic mass is 9.63. The molecule has 0 radical (unpaired) electrons. The summed E-state index contributed by atoms with van der Waals surface area (Å²) >= 11 is 0. The summed E-state index contributed by atoms with van der Waals surface area (Å²) in [5, 5.41) is 4.85. The average Bonchev–Trinajstić information content (AvgIpc) is 3.01. The molecule has 2 heterocycles. The number of para-hydroxylation sites is 2. The van der Waals surface area contributed by atoms with Crippen molar-refractivity contribution in [3.63, 3.8) is 0 Å². The van der Waals surface area contributed by atoms with Gasteiger partial charge in [0, 0.05) is 22.6 Å². The molecule has 2 atom stereocenters. The summed E-state index contributed by atoms with van der Waals surface area (Å²) in [4.78, 5) is 0. The first kappa shape index (κ1) is 22.8. The normalized spacial score (nSPS) is 20.9. The Kier molecular flexibility index (Phi) is 5.70.